The van der Waals surface area contributed by atoms with Crippen LogP contribution in [0, 0.1) is 0 Å². The lowest BCUT2D eigenvalue weighted by Gasteiger charge is -2.40. The van der Waals surface area contributed by atoms with E-state index in [1.54, 1.807) is 12.1 Å². The number of hydrogen-bond donors (Lipinski definition) is 0. The van der Waals surface area contributed by atoms with Crippen LogP contribution < -0.4 is 0 Å². The molecular weight excluding hydrogens is 387 g/mol. The smallest absolute Gasteiger partial charge is 0.230 e. The molecule has 2 fully saturated rings. The number of rotatable bonds is 3. The highest BCUT2D eigenvalue weighted by molar-refractivity contribution is 6.42. The highest BCUT2D eigenvalue weighted by atomic mass is 35.5. The van der Waals surface area contributed by atoms with Gasteiger partial charge in [0.1, 0.15) is 0 Å². The van der Waals surface area contributed by atoms with Gasteiger partial charge in [0.2, 0.25) is 5.91 Å². The van der Waals surface area contributed by atoms with E-state index < -0.39 is 5.92 Å². The summed E-state index contributed by atoms with van der Waals surface area (Å²) in [5.74, 6) is -0.408. The van der Waals surface area contributed by atoms with E-state index in [1.807, 2.05) is 4.90 Å². The van der Waals surface area contributed by atoms with E-state index in [4.69, 9.17) is 27.9 Å². The lowest BCUT2D eigenvalue weighted by molar-refractivity contribution is -0.137. The minimum absolute atomic E-state index is 0.0244. The molecule has 1 aromatic rings. The Balaban J connectivity index is 1.54. The number of benzene rings is 1. The Hall–Kier alpha value is -1.14. The molecule has 3 aliphatic rings. The maximum Gasteiger partial charge on any atom is 0.230 e. The summed E-state index contributed by atoms with van der Waals surface area (Å²) in [4.78, 5) is 30.2. The van der Waals surface area contributed by atoms with E-state index >= 15 is 0 Å². The fraction of sp³-hybridized carbons (Fsp3) is 0.600. The van der Waals surface area contributed by atoms with Crippen molar-refractivity contribution in [1.29, 1.82) is 0 Å². The quantitative estimate of drug-likeness (QED) is 0.766. The van der Waals surface area contributed by atoms with Gasteiger partial charge in [-0.2, -0.15) is 0 Å². The van der Waals surface area contributed by atoms with Crippen LogP contribution in [0.4, 0.5) is 0 Å². The van der Waals surface area contributed by atoms with Crippen LogP contribution in [0.3, 0.4) is 0 Å². The third-order valence-corrected chi connectivity index (χ3v) is 6.66. The summed E-state index contributed by atoms with van der Waals surface area (Å²) in [7, 11) is 0. The molecule has 2 atom stereocenters. The summed E-state index contributed by atoms with van der Waals surface area (Å²) in [6, 6.07) is 3.51. The summed E-state index contributed by atoms with van der Waals surface area (Å²) in [6.07, 6.45) is 3.38. The van der Waals surface area contributed by atoms with Crippen LogP contribution in [0.5, 0.6) is 0 Å². The third kappa shape index (κ3) is 3.88. The highest BCUT2D eigenvalue weighted by Crippen LogP contribution is 2.39. The largest absolute Gasteiger partial charge is 0.379 e. The van der Waals surface area contributed by atoms with E-state index in [9.17, 15) is 9.59 Å². The zero-order chi connectivity index (χ0) is 19.0. The molecule has 1 amide bonds. The van der Waals surface area contributed by atoms with Gasteiger partial charge in [-0.05, 0) is 37.0 Å². The first-order chi connectivity index (χ1) is 13.0. The molecule has 1 aliphatic carbocycles. The van der Waals surface area contributed by atoms with Gasteiger partial charge >= 0.3 is 0 Å². The molecule has 0 bridgehead atoms. The van der Waals surface area contributed by atoms with Crippen molar-refractivity contribution >= 4 is 34.9 Å². The normalized spacial score (nSPS) is 26.3. The van der Waals surface area contributed by atoms with Crippen LogP contribution in [0.2, 0.25) is 10.0 Å². The summed E-state index contributed by atoms with van der Waals surface area (Å²) in [5, 5.41) is 0.756. The van der Waals surface area contributed by atoms with E-state index in [2.05, 4.69) is 4.90 Å². The second-order valence-corrected chi connectivity index (χ2v) is 8.44. The molecule has 0 N–H and O–H groups in total. The van der Waals surface area contributed by atoms with Crippen molar-refractivity contribution in [3.8, 4) is 0 Å². The first-order valence-corrected chi connectivity index (χ1v) is 10.4. The van der Waals surface area contributed by atoms with Gasteiger partial charge in [-0.15, -0.1) is 0 Å². The second-order valence-electron chi connectivity index (χ2n) is 7.63. The van der Waals surface area contributed by atoms with Crippen molar-refractivity contribution in [2.24, 2.45) is 0 Å². The zero-order valence-electron chi connectivity index (χ0n) is 15.3. The molecule has 0 saturated carbocycles. The van der Waals surface area contributed by atoms with Gasteiger partial charge in [0.15, 0.2) is 5.78 Å². The number of carbonyl (C=O) groups excluding carboxylic acids is 2. The maximum absolute atomic E-state index is 13.4. The van der Waals surface area contributed by atoms with Crippen LogP contribution in [0.25, 0.3) is 0 Å². The van der Waals surface area contributed by atoms with E-state index in [1.165, 1.54) is 0 Å². The summed E-state index contributed by atoms with van der Waals surface area (Å²) >= 11 is 12.2. The maximum atomic E-state index is 13.4. The number of Topliss-reactive ketones (excluding diaryl/α,β-unsaturated/α-hetero) is 1. The van der Waals surface area contributed by atoms with Gasteiger partial charge in [0.05, 0.1) is 29.2 Å². The zero-order valence-corrected chi connectivity index (χ0v) is 16.8. The predicted molar refractivity (Wildman–Crippen MR) is 105 cm³/mol. The van der Waals surface area contributed by atoms with Crippen LogP contribution in [-0.4, -0.2) is 66.9 Å². The molecule has 2 saturated heterocycles. The van der Waals surface area contributed by atoms with Gasteiger partial charge in [-0.1, -0.05) is 23.2 Å². The number of carbonyl (C=O) groups is 2. The summed E-state index contributed by atoms with van der Waals surface area (Å²) in [6.45, 7) is 4.98. The molecule has 0 aromatic heterocycles. The van der Waals surface area contributed by atoms with E-state index in [0.29, 0.717) is 15.6 Å². The fourth-order valence-corrected chi connectivity index (χ4v) is 4.82. The topological polar surface area (TPSA) is 49.9 Å². The van der Waals surface area contributed by atoms with Crippen molar-refractivity contribution in [2.45, 2.75) is 37.6 Å². The summed E-state index contributed by atoms with van der Waals surface area (Å²) in [5.41, 5.74) is 1.28. The van der Waals surface area contributed by atoms with E-state index in [-0.39, 0.29) is 24.2 Å². The first kappa shape index (κ1) is 19.2. The van der Waals surface area contributed by atoms with Crippen molar-refractivity contribution in [3.63, 3.8) is 0 Å². The van der Waals surface area contributed by atoms with Crippen molar-refractivity contribution < 1.29 is 14.3 Å². The number of hydrogen-bond acceptors (Lipinski definition) is 4. The van der Waals surface area contributed by atoms with Crippen LogP contribution in [0.15, 0.2) is 12.1 Å². The molecule has 0 spiro atoms. The third-order valence-electron chi connectivity index (χ3n) is 5.94. The van der Waals surface area contributed by atoms with E-state index in [0.717, 1.165) is 64.2 Å². The van der Waals surface area contributed by atoms with Crippen molar-refractivity contribution in [3.05, 3.63) is 33.3 Å². The Kier molecular flexibility index (Phi) is 5.74. The Labute approximate surface area is 169 Å². The fourth-order valence-electron chi connectivity index (χ4n) is 4.48. The number of halogens is 2. The lowest BCUT2D eigenvalue weighted by atomic mass is 9.95. The highest BCUT2D eigenvalue weighted by Gasteiger charge is 2.40. The Morgan fingerprint density at radius 2 is 1.85 bits per heavy atom. The molecule has 7 heteroatoms. The molecule has 27 heavy (non-hydrogen) atoms. The molecule has 4 rings (SSSR count). The van der Waals surface area contributed by atoms with Crippen molar-refractivity contribution in [2.75, 3.05) is 39.4 Å². The van der Waals surface area contributed by atoms with Crippen LogP contribution >= 0.6 is 23.2 Å². The minimum Gasteiger partial charge on any atom is -0.379 e. The average Bonchev–Trinajstić information content (AvgIpc) is 2.99. The average molecular weight is 411 g/mol. The lowest BCUT2D eigenvalue weighted by Crippen LogP contribution is -2.52. The monoisotopic (exact) mass is 410 g/mol. The first-order valence-electron chi connectivity index (χ1n) is 9.67. The standard InChI is InChI=1S/C20H24Cl2N2O3/c21-17-9-14-15(10-18(17)22)19(25)11-16(14)20(26)24-4-2-1-3-13(24)12-23-5-7-27-8-6-23/h9-10,13,16H,1-8,11-12H2. The van der Waals surface area contributed by atoms with Gasteiger partial charge in [-0.3, -0.25) is 14.5 Å². The molecule has 5 nitrogen and oxygen atoms in total. The molecular formula is C20H24Cl2N2O3. The number of piperidine rings is 1. The number of ether oxygens (including phenoxy) is 1. The number of morpholine rings is 1. The van der Waals surface area contributed by atoms with Gasteiger partial charge < -0.3 is 9.64 Å². The molecule has 2 aliphatic heterocycles. The van der Waals surface area contributed by atoms with Gasteiger partial charge in [0.25, 0.3) is 0 Å². The molecule has 146 valence electrons. The van der Waals surface area contributed by atoms with Crippen molar-refractivity contribution in [1.82, 2.24) is 9.80 Å². The molecule has 2 unspecified atom stereocenters. The Bertz CT molecular complexity index is 749. The second kappa shape index (κ2) is 8.08. The van der Waals surface area contributed by atoms with Crippen LogP contribution in [-0.2, 0) is 9.53 Å². The molecule has 2 heterocycles. The number of fused-ring (bicyclic) bond motifs is 1. The minimum atomic E-state index is -0.437. The van der Waals surface area contributed by atoms with Gasteiger partial charge in [-0.25, -0.2) is 0 Å². The number of likely N-dealkylation sites (tertiary alicyclic amines) is 1. The number of amides is 1. The number of nitrogens with zero attached hydrogens (tertiary/aromatic N) is 2. The predicted octanol–water partition coefficient (Wildman–Crippen LogP) is 3.38. The SMILES string of the molecule is O=C1CC(C(=O)N2CCCCC2CN2CCOCC2)c2cc(Cl)c(Cl)cc21. The Morgan fingerprint density at radius 1 is 1.11 bits per heavy atom. The Morgan fingerprint density at radius 3 is 2.63 bits per heavy atom. The summed E-state index contributed by atoms with van der Waals surface area (Å²) < 4.78 is 5.43. The van der Waals surface area contributed by atoms with Crippen LogP contribution in [0.1, 0.15) is 47.5 Å². The molecule has 0 radical (unpaired) electrons. The van der Waals surface area contributed by atoms with Gasteiger partial charge in [0, 0.05) is 44.2 Å². The molecule has 1 aromatic carbocycles. The number of ketones is 1.